The van der Waals surface area contributed by atoms with Gasteiger partial charge in [0.1, 0.15) is 12.4 Å². The number of halogens is 1. The molecule has 0 aliphatic heterocycles. The number of ether oxygens (including phenoxy) is 1. The van der Waals surface area contributed by atoms with Crippen LogP contribution in [0.25, 0.3) is 21.2 Å². The van der Waals surface area contributed by atoms with Crippen LogP contribution in [-0.4, -0.2) is 0 Å². The molecule has 4 heteroatoms. The van der Waals surface area contributed by atoms with Gasteiger partial charge in [-0.05, 0) is 83.0 Å². The number of fused-ring (bicyclic) bond motifs is 1. The number of benzene rings is 3. The number of hydrogen-bond acceptors (Lipinski definition) is 3. The lowest BCUT2D eigenvalue weighted by Gasteiger charge is -2.10. The van der Waals surface area contributed by atoms with Crippen molar-refractivity contribution < 1.29 is 4.74 Å². The van der Waals surface area contributed by atoms with Gasteiger partial charge in [-0.15, -0.1) is 17.3 Å². The van der Waals surface area contributed by atoms with E-state index in [1.165, 1.54) is 29.7 Å². The van der Waals surface area contributed by atoms with Gasteiger partial charge in [0.2, 0.25) is 0 Å². The molecule has 0 bridgehead atoms. The first-order valence-electron chi connectivity index (χ1n) is 10.4. The van der Waals surface area contributed by atoms with Crippen LogP contribution >= 0.6 is 33.9 Å². The topological polar surface area (TPSA) is 33.0 Å². The van der Waals surface area contributed by atoms with Crippen LogP contribution in [0.5, 0.6) is 5.75 Å². The van der Waals surface area contributed by atoms with E-state index in [0.717, 1.165) is 16.9 Å². The van der Waals surface area contributed by atoms with Crippen molar-refractivity contribution in [2.24, 2.45) is 0 Å². The Bertz CT molecular complexity index is 1350. The normalized spacial score (nSPS) is 11.4. The standard InChI is InChI=1S/C28H22INOS/c1-3-6-21(15-16-30)22-10-12-23(13-11-22)31-18-20-9-14-26-25(17-20)27(28(29)32-26)24-8-5-4-7-19(24)2/h4-5,7-14,17,21H,15,18H2,1-2H3/t21-/m0/s1. The predicted octanol–water partition coefficient (Wildman–Crippen LogP) is 8.08. The third kappa shape index (κ3) is 4.83. The average molecular weight is 547 g/mol. The maximum atomic E-state index is 9.03. The largest absolute Gasteiger partial charge is 0.489 e. The van der Waals surface area contributed by atoms with E-state index in [2.05, 4.69) is 89.9 Å². The lowest BCUT2D eigenvalue weighted by Crippen LogP contribution is -1.97. The smallest absolute Gasteiger partial charge is 0.119 e. The predicted molar refractivity (Wildman–Crippen MR) is 142 cm³/mol. The minimum Gasteiger partial charge on any atom is -0.489 e. The molecule has 0 saturated carbocycles. The van der Waals surface area contributed by atoms with E-state index in [0.29, 0.717) is 13.0 Å². The summed E-state index contributed by atoms with van der Waals surface area (Å²) in [7, 11) is 0. The maximum absolute atomic E-state index is 9.03. The fraction of sp³-hybridized carbons (Fsp3) is 0.179. The molecule has 0 radical (unpaired) electrons. The van der Waals surface area contributed by atoms with Gasteiger partial charge < -0.3 is 4.74 Å². The van der Waals surface area contributed by atoms with Crippen LogP contribution in [0.3, 0.4) is 0 Å². The van der Waals surface area contributed by atoms with Gasteiger partial charge in [0, 0.05) is 15.6 Å². The van der Waals surface area contributed by atoms with Gasteiger partial charge in [0.05, 0.1) is 21.3 Å². The molecule has 0 aliphatic carbocycles. The number of nitriles is 1. The summed E-state index contributed by atoms with van der Waals surface area (Å²) in [6.45, 7) is 4.47. The van der Waals surface area contributed by atoms with Gasteiger partial charge >= 0.3 is 0 Å². The molecule has 4 aromatic rings. The Balaban J connectivity index is 1.55. The van der Waals surface area contributed by atoms with Crippen molar-refractivity contribution in [1.29, 1.82) is 5.26 Å². The minimum atomic E-state index is -0.0533. The van der Waals surface area contributed by atoms with Crippen molar-refractivity contribution >= 4 is 44.0 Å². The Hall–Kier alpha value is -2.80. The lowest BCUT2D eigenvalue weighted by atomic mass is 9.97. The number of thiophene rings is 1. The number of aryl methyl sites for hydroxylation is 1. The Morgan fingerprint density at radius 3 is 2.56 bits per heavy atom. The molecule has 32 heavy (non-hydrogen) atoms. The highest BCUT2D eigenvalue weighted by Crippen LogP contribution is 2.41. The van der Waals surface area contributed by atoms with E-state index in [-0.39, 0.29) is 5.92 Å². The van der Waals surface area contributed by atoms with E-state index in [4.69, 9.17) is 10.00 Å². The van der Waals surface area contributed by atoms with Gasteiger partial charge in [0.15, 0.2) is 0 Å². The van der Waals surface area contributed by atoms with Crippen molar-refractivity contribution in [2.45, 2.75) is 32.8 Å². The second-order valence-electron chi connectivity index (χ2n) is 7.56. The zero-order chi connectivity index (χ0) is 22.5. The third-order valence-corrected chi connectivity index (χ3v) is 7.59. The average Bonchev–Trinajstić information content (AvgIpc) is 3.13. The summed E-state index contributed by atoms with van der Waals surface area (Å²) in [5, 5.41) is 10.3. The summed E-state index contributed by atoms with van der Waals surface area (Å²) in [6.07, 6.45) is 0.393. The summed E-state index contributed by atoms with van der Waals surface area (Å²) < 4.78 is 8.67. The van der Waals surface area contributed by atoms with Gasteiger partial charge in [-0.1, -0.05) is 48.4 Å². The zero-order valence-electron chi connectivity index (χ0n) is 18.0. The Morgan fingerprint density at radius 2 is 1.84 bits per heavy atom. The Kier molecular flexibility index (Phi) is 7.15. The molecule has 0 N–H and O–H groups in total. The quantitative estimate of drug-likeness (QED) is 0.181. The fourth-order valence-corrected chi connectivity index (χ4v) is 6.00. The van der Waals surface area contributed by atoms with Crippen LogP contribution in [0.15, 0.2) is 66.7 Å². The lowest BCUT2D eigenvalue weighted by molar-refractivity contribution is 0.306. The summed E-state index contributed by atoms with van der Waals surface area (Å²) in [5.74, 6) is 6.78. The molecule has 1 aromatic heterocycles. The number of rotatable bonds is 6. The van der Waals surface area contributed by atoms with Crippen molar-refractivity contribution in [3.05, 3.63) is 86.3 Å². The second-order valence-corrected chi connectivity index (χ2v) is 10.4. The highest BCUT2D eigenvalue weighted by Gasteiger charge is 2.14. The molecule has 0 unspecified atom stereocenters. The van der Waals surface area contributed by atoms with E-state index in [1.54, 1.807) is 6.92 Å². The van der Waals surface area contributed by atoms with Crippen LogP contribution in [0.2, 0.25) is 0 Å². The van der Waals surface area contributed by atoms with Crippen molar-refractivity contribution in [2.75, 3.05) is 0 Å². The summed E-state index contributed by atoms with van der Waals surface area (Å²) in [4.78, 5) is 0. The van der Waals surface area contributed by atoms with Crippen LogP contribution < -0.4 is 4.74 Å². The fourth-order valence-electron chi connectivity index (χ4n) is 3.79. The molecule has 1 heterocycles. The van der Waals surface area contributed by atoms with Crippen LogP contribution in [0.1, 0.15) is 36.0 Å². The van der Waals surface area contributed by atoms with Crippen LogP contribution in [0, 0.1) is 33.0 Å². The molecule has 0 spiro atoms. The first kappa shape index (κ1) is 22.4. The highest BCUT2D eigenvalue weighted by molar-refractivity contribution is 14.1. The SMILES string of the molecule is CC#C[C@@H](CC#N)c1ccc(OCc2ccc3sc(I)c(-c4ccccc4C)c3c2)cc1. The highest BCUT2D eigenvalue weighted by atomic mass is 127. The first-order chi connectivity index (χ1) is 15.6. The van der Waals surface area contributed by atoms with E-state index in [1.807, 2.05) is 35.6 Å². The number of nitrogens with zero attached hydrogens (tertiary/aromatic N) is 1. The third-order valence-electron chi connectivity index (χ3n) is 5.43. The maximum Gasteiger partial charge on any atom is 0.119 e. The van der Waals surface area contributed by atoms with Crippen molar-refractivity contribution in [3.8, 4) is 34.8 Å². The van der Waals surface area contributed by atoms with Gasteiger partial charge in [-0.25, -0.2) is 0 Å². The molecule has 0 saturated heterocycles. The van der Waals surface area contributed by atoms with E-state index >= 15 is 0 Å². The van der Waals surface area contributed by atoms with Gasteiger partial charge in [-0.3, -0.25) is 0 Å². The van der Waals surface area contributed by atoms with Gasteiger partial charge in [-0.2, -0.15) is 5.26 Å². The molecule has 4 rings (SSSR count). The first-order valence-corrected chi connectivity index (χ1v) is 12.3. The van der Waals surface area contributed by atoms with Gasteiger partial charge in [0.25, 0.3) is 0 Å². The van der Waals surface area contributed by atoms with E-state index < -0.39 is 0 Å². The second kappa shape index (κ2) is 10.2. The van der Waals surface area contributed by atoms with Crippen LogP contribution in [-0.2, 0) is 6.61 Å². The molecule has 0 amide bonds. The summed E-state index contributed by atoms with van der Waals surface area (Å²) in [5.41, 5.74) is 6.08. The molecule has 2 nitrogen and oxygen atoms in total. The van der Waals surface area contributed by atoms with Crippen LogP contribution in [0.4, 0.5) is 0 Å². The van der Waals surface area contributed by atoms with E-state index in [9.17, 15) is 0 Å². The molecule has 1 atom stereocenters. The Labute approximate surface area is 207 Å². The summed E-state index contributed by atoms with van der Waals surface area (Å²) in [6, 6.07) is 25.3. The molecule has 0 fully saturated rings. The molecular formula is C28H22INOS. The number of hydrogen-bond donors (Lipinski definition) is 0. The summed E-state index contributed by atoms with van der Waals surface area (Å²) >= 11 is 4.28. The van der Waals surface area contributed by atoms with Crippen molar-refractivity contribution in [1.82, 2.24) is 0 Å². The molecule has 3 aromatic carbocycles. The zero-order valence-corrected chi connectivity index (χ0v) is 21.0. The molecule has 0 aliphatic rings. The molecular weight excluding hydrogens is 525 g/mol. The Morgan fingerprint density at radius 1 is 1.06 bits per heavy atom. The minimum absolute atomic E-state index is 0.0533. The monoisotopic (exact) mass is 547 g/mol. The van der Waals surface area contributed by atoms with Crippen molar-refractivity contribution in [3.63, 3.8) is 0 Å². The molecule has 158 valence electrons.